The molecule has 0 aromatic carbocycles. The Balaban J connectivity index is 1.59. The molecule has 0 heterocycles. The van der Waals surface area contributed by atoms with E-state index in [0.717, 1.165) is 44.9 Å². The molecular weight excluding hydrogens is 350 g/mol. The maximum absolute atomic E-state index is 11.4. The summed E-state index contributed by atoms with van der Waals surface area (Å²) in [5, 5.41) is 20.3. The van der Waals surface area contributed by atoms with Crippen LogP contribution in [0.2, 0.25) is 0 Å². The van der Waals surface area contributed by atoms with Crippen molar-refractivity contribution in [3.8, 4) is 6.07 Å². The quantitative estimate of drug-likeness (QED) is 0.422. The number of ether oxygens (including phenoxy) is 1. The van der Waals surface area contributed by atoms with Crippen molar-refractivity contribution < 1.29 is 14.6 Å². The summed E-state index contributed by atoms with van der Waals surface area (Å²) in [6, 6.07) is 2.19. The van der Waals surface area contributed by atoms with Crippen LogP contribution < -0.4 is 0 Å². The molecule has 1 unspecified atom stereocenters. The number of nitriles is 1. The maximum Gasteiger partial charge on any atom is 0.302 e. The topological polar surface area (TPSA) is 70.3 Å². The molecule has 28 heavy (non-hydrogen) atoms. The molecule has 8 atom stereocenters. The summed E-state index contributed by atoms with van der Waals surface area (Å²) in [6.07, 6.45) is 10.9. The van der Waals surface area contributed by atoms with E-state index in [4.69, 9.17) is 4.74 Å². The van der Waals surface area contributed by atoms with Crippen molar-refractivity contribution >= 4 is 5.97 Å². The Hall–Kier alpha value is -1.34. The number of rotatable bonds is 2. The molecule has 3 fully saturated rings. The molecule has 4 aliphatic carbocycles. The van der Waals surface area contributed by atoms with Crippen molar-refractivity contribution in [1.29, 1.82) is 5.26 Å². The summed E-state index contributed by atoms with van der Waals surface area (Å²) in [5.74, 6) is 1.83. The summed E-state index contributed by atoms with van der Waals surface area (Å²) in [6.45, 7) is 8.01. The van der Waals surface area contributed by atoms with Gasteiger partial charge in [-0.1, -0.05) is 25.5 Å². The van der Waals surface area contributed by atoms with Crippen molar-refractivity contribution in [2.24, 2.45) is 34.5 Å². The molecule has 0 spiro atoms. The molecule has 4 heteroatoms. The Bertz CT molecular complexity index is 735. The van der Waals surface area contributed by atoms with Gasteiger partial charge in [0.1, 0.15) is 6.10 Å². The normalized spacial score (nSPS) is 46.9. The fourth-order valence-electron chi connectivity index (χ4n) is 7.96. The Kier molecular flexibility index (Phi) is 4.70. The number of hydrogen-bond donors (Lipinski definition) is 1. The number of carbonyl (C=O) groups excluding carboxylic acids is 1. The van der Waals surface area contributed by atoms with Crippen molar-refractivity contribution in [3.05, 3.63) is 11.6 Å². The van der Waals surface area contributed by atoms with Crippen LogP contribution in [-0.2, 0) is 9.53 Å². The van der Waals surface area contributed by atoms with Gasteiger partial charge in [0.2, 0.25) is 0 Å². The van der Waals surface area contributed by atoms with E-state index in [-0.39, 0.29) is 28.8 Å². The predicted molar refractivity (Wildman–Crippen MR) is 107 cm³/mol. The van der Waals surface area contributed by atoms with Gasteiger partial charge in [-0.25, -0.2) is 0 Å². The van der Waals surface area contributed by atoms with Gasteiger partial charge in [-0.15, -0.1) is 0 Å². The van der Waals surface area contributed by atoms with E-state index < -0.39 is 5.60 Å². The molecule has 3 saturated carbocycles. The fourth-order valence-corrected chi connectivity index (χ4v) is 7.96. The minimum absolute atomic E-state index is 0.0452. The highest BCUT2D eigenvalue weighted by molar-refractivity contribution is 5.66. The van der Waals surface area contributed by atoms with Crippen LogP contribution in [0.1, 0.15) is 79.1 Å². The zero-order valence-corrected chi connectivity index (χ0v) is 17.8. The minimum Gasteiger partial charge on any atom is -0.462 e. The number of nitrogens with zero attached hydrogens (tertiary/aromatic N) is 1. The molecule has 0 aromatic heterocycles. The molecule has 0 aromatic rings. The van der Waals surface area contributed by atoms with Crippen LogP contribution >= 0.6 is 0 Å². The first-order chi connectivity index (χ1) is 13.1. The Labute approximate surface area is 169 Å². The highest BCUT2D eigenvalue weighted by atomic mass is 16.5. The van der Waals surface area contributed by atoms with Crippen LogP contribution in [0.4, 0.5) is 0 Å². The number of hydrogen-bond acceptors (Lipinski definition) is 4. The fraction of sp³-hybridized carbons (Fsp3) is 0.833. The van der Waals surface area contributed by atoms with E-state index >= 15 is 0 Å². The van der Waals surface area contributed by atoms with Gasteiger partial charge in [-0.2, -0.15) is 5.26 Å². The predicted octanol–water partition coefficient (Wildman–Crippen LogP) is 4.77. The molecule has 4 aliphatic rings. The van der Waals surface area contributed by atoms with Gasteiger partial charge in [0.05, 0.1) is 6.07 Å². The second-order valence-electron chi connectivity index (χ2n) is 10.7. The van der Waals surface area contributed by atoms with Gasteiger partial charge in [0.15, 0.2) is 5.60 Å². The van der Waals surface area contributed by atoms with Gasteiger partial charge in [0, 0.05) is 19.3 Å². The van der Waals surface area contributed by atoms with E-state index in [0.29, 0.717) is 17.8 Å². The number of aliphatic hydroxyl groups is 1. The second-order valence-corrected chi connectivity index (χ2v) is 10.7. The van der Waals surface area contributed by atoms with Crippen LogP contribution in [-0.4, -0.2) is 22.8 Å². The van der Waals surface area contributed by atoms with Gasteiger partial charge >= 0.3 is 5.97 Å². The van der Waals surface area contributed by atoms with Gasteiger partial charge < -0.3 is 9.84 Å². The van der Waals surface area contributed by atoms with Gasteiger partial charge in [-0.3, -0.25) is 4.79 Å². The van der Waals surface area contributed by atoms with Crippen LogP contribution in [0.3, 0.4) is 0 Å². The summed E-state index contributed by atoms with van der Waals surface area (Å²) in [4.78, 5) is 11.4. The lowest BCUT2D eigenvalue weighted by Crippen LogP contribution is -2.52. The average Bonchev–Trinajstić information content (AvgIpc) is 2.99. The van der Waals surface area contributed by atoms with Gasteiger partial charge in [-0.05, 0) is 80.5 Å². The van der Waals surface area contributed by atoms with Crippen molar-refractivity contribution in [2.75, 3.05) is 0 Å². The Morgan fingerprint density at radius 1 is 1.25 bits per heavy atom. The smallest absolute Gasteiger partial charge is 0.302 e. The standard InChI is InChI=1S/C24H35NO3/c1-15(26)28-17-9-11-22(2)16(13-17)5-6-18-19-7-8-21(24(4,27)14-25)23(19,3)12-10-20(18)22/h5,17-21,27H,6-13H2,1-4H3/t17-,18-,19-,20-,21-,22-,23-,24?/m0/s1. The third kappa shape index (κ3) is 2.84. The van der Waals surface area contributed by atoms with Crippen LogP contribution in [0.25, 0.3) is 0 Å². The second kappa shape index (κ2) is 6.59. The molecule has 0 aliphatic heterocycles. The third-order valence-electron chi connectivity index (χ3n) is 9.30. The maximum atomic E-state index is 11.4. The zero-order valence-electron chi connectivity index (χ0n) is 17.8. The lowest BCUT2D eigenvalue weighted by molar-refractivity contribution is -0.149. The van der Waals surface area contributed by atoms with Gasteiger partial charge in [0.25, 0.3) is 0 Å². The SMILES string of the molecule is CC(=O)O[C@H]1CC[C@@]2(C)C(=CC[C@H]3[C@@H]4CC[C@H](C(C)(O)C#N)[C@@]4(C)CC[C@@H]32)C1. The molecule has 0 bridgehead atoms. The Morgan fingerprint density at radius 2 is 2.00 bits per heavy atom. The van der Waals surface area contributed by atoms with E-state index in [1.54, 1.807) is 6.92 Å². The number of fused-ring (bicyclic) bond motifs is 5. The van der Waals surface area contributed by atoms with Crippen LogP contribution in [0.15, 0.2) is 11.6 Å². The van der Waals surface area contributed by atoms with E-state index in [1.807, 2.05) is 0 Å². The lowest BCUT2D eigenvalue weighted by atomic mass is 9.47. The highest BCUT2D eigenvalue weighted by Gasteiger charge is 2.61. The van der Waals surface area contributed by atoms with Crippen molar-refractivity contribution in [1.82, 2.24) is 0 Å². The van der Waals surface area contributed by atoms with E-state index in [1.165, 1.54) is 18.9 Å². The summed E-state index contributed by atoms with van der Waals surface area (Å²) in [7, 11) is 0. The number of allylic oxidation sites excluding steroid dienone is 1. The number of esters is 1. The first kappa shape index (κ1) is 20.0. The molecule has 154 valence electrons. The van der Waals surface area contributed by atoms with Crippen molar-refractivity contribution in [3.63, 3.8) is 0 Å². The highest BCUT2D eigenvalue weighted by Crippen LogP contribution is 2.67. The summed E-state index contributed by atoms with van der Waals surface area (Å²) >= 11 is 0. The minimum atomic E-state index is -1.22. The molecular formula is C24H35NO3. The first-order valence-corrected chi connectivity index (χ1v) is 11.1. The largest absolute Gasteiger partial charge is 0.462 e. The monoisotopic (exact) mass is 385 g/mol. The third-order valence-corrected chi connectivity index (χ3v) is 9.30. The molecule has 4 nitrogen and oxygen atoms in total. The van der Waals surface area contributed by atoms with E-state index in [9.17, 15) is 15.2 Å². The molecule has 0 radical (unpaired) electrons. The molecule has 0 amide bonds. The summed E-state index contributed by atoms with van der Waals surface area (Å²) in [5.41, 5.74) is 0.569. The first-order valence-electron chi connectivity index (χ1n) is 11.1. The van der Waals surface area contributed by atoms with E-state index in [2.05, 4.69) is 26.0 Å². The zero-order chi connectivity index (χ0) is 20.3. The Morgan fingerprint density at radius 3 is 2.68 bits per heavy atom. The summed E-state index contributed by atoms with van der Waals surface area (Å²) < 4.78 is 5.53. The van der Waals surface area contributed by atoms with Crippen LogP contribution in [0, 0.1) is 45.8 Å². The van der Waals surface area contributed by atoms with Crippen LogP contribution in [0.5, 0.6) is 0 Å². The van der Waals surface area contributed by atoms with Crippen molar-refractivity contribution in [2.45, 2.75) is 90.8 Å². The average molecular weight is 386 g/mol. The molecule has 0 saturated heterocycles. The number of carbonyl (C=O) groups is 1. The molecule has 1 N–H and O–H groups in total. The molecule has 4 rings (SSSR count). The lowest BCUT2D eigenvalue weighted by Gasteiger charge is -2.58.